The summed E-state index contributed by atoms with van der Waals surface area (Å²) in [6.07, 6.45) is 0.901. The molecule has 40 heavy (non-hydrogen) atoms. The fourth-order valence-corrected chi connectivity index (χ4v) is 5.48. The van der Waals surface area contributed by atoms with Crippen LogP contribution in [0.5, 0.6) is 11.5 Å². The summed E-state index contributed by atoms with van der Waals surface area (Å²) in [5, 5.41) is 2.91. The summed E-state index contributed by atoms with van der Waals surface area (Å²) in [4.78, 5) is 58.6. The minimum absolute atomic E-state index is 0.0864. The molecule has 0 aliphatic carbocycles. The SMILES string of the molecule is COc1cc(OC)cc(C(=O)N2CC(=O)[C@@H]3C2CCN3C(=O)[C@H](CC(C)C)NC(=O)c2ccc(N(C)C)cc2)c1. The van der Waals surface area contributed by atoms with Crippen LogP contribution in [0.2, 0.25) is 0 Å². The molecule has 0 aromatic heterocycles. The summed E-state index contributed by atoms with van der Waals surface area (Å²) in [7, 11) is 6.85. The van der Waals surface area contributed by atoms with Gasteiger partial charge in [-0.15, -0.1) is 0 Å². The molecule has 2 aliphatic rings. The molecular weight excluding hydrogens is 512 g/mol. The van der Waals surface area contributed by atoms with Crippen molar-refractivity contribution in [2.24, 2.45) is 5.92 Å². The number of fused-ring (bicyclic) bond motifs is 1. The molecule has 2 heterocycles. The van der Waals surface area contributed by atoms with Gasteiger partial charge in [0.05, 0.1) is 26.8 Å². The van der Waals surface area contributed by atoms with Crippen molar-refractivity contribution in [1.29, 1.82) is 0 Å². The molecular formula is C30H38N4O6. The topological polar surface area (TPSA) is 108 Å². The maximum absolute atomic E-state index is 13.8. The highest BCUT2D eigenvalue weighted by molar-refractivity contribution is 6.04. The number of anilines is 1. The summed E-state index contributed by atoms with van der Waals surface area (Å²) >= 11 is 0. The minimum atomic E-state index is -0.792. The van der Waals surface area contributed by atoms with Crippen LogP contribution in [-0.2, 0) is 9.59 Å². The Morgan fingerprint density at radius 3 is 2.15 bits per heavy atom. The molecule has 1 N–H and O–H groups in total. The summed E-state index contributed by atoms with van der Waals surface area (Å²) in [6, 6.07) is 10.1. The molecule has 10 heteroatoms. The van der Waals surface area contributed by atoms with Gasteiger partial charge in [0, 0.05) is 43.5 Å². The first-order valence-electron chi connectivity index (χ1n) is 13.5. The van der Waals surface area contributed by atoms with E-state index in [2.05, 4.69) is 5.32 Å². The van der Waals surface area contributed by atoms with Crippen LogP contribution in [0.25, 0.3) is 0 Å². The summed E-state index contributed by atoms with van der Waals surface area (Å²) in [6.45, 7) is 4.20. The van der Waals surface area contributed by atoms with Crippen LogP contribution >= 0.6 is 0 Å². The second-order valence-corrected chi connectivity index (χ2v) is 10.9. The molecule has 10 nitrogen and oxygen atoms in total. The molecule has 214 valence electrons. The summed E-state index contributed by atoms with van der Waals surface area (Å²) in [5.41, 5.74) is 1.76. The molecule has 3 atom stereocenters. The quantitative estimate of drug-likeness (QED) is 0.511. The predicted octanol–water partition coefficient (Wildman–Crippen LogP) is 2.61. The van der Waals surface area contributed by atoms with Crippen LogP contribution in [0.4, 0.5) is 5.69 Å². The van der Waals surface area contributed by atoms with E-state index in [1.165, 1.54) is 19.1 Å². The van der Waals surface area contributed by atoms with Crippen molar-refractivity contribution >= 4 is 29.2 Å². The molecule has 1 unspecified atom stereocenters. The van der Waals surface area contributed by atoms with Crippen molar-refractivity contribution in [3.05, 3.63) is 53.6 Å². The maximum atomic E-state index is 13.8. The fraction of sp³-hybridized carbons (Fsp3) is 0.467. The van der Waals surface area contributed by atoms with Crippen LogP contribution in [0.3, 0.4) is 0 Å². The first-order chi connectivity index (χ1) is 19.0. The highest BCUT2D eigenvalue weighted by Gasteiger charge is 2.52. The Morgan fingerprint density at radius 1 is 0.975 bits per heavy atom. The van der Waals surface area contributed by atoms with Crippen molar-refractivity contribution in [2.45, 2.75) is 44.8 Å². The Balaban J connectivity index is 1.52. The first-order valence-corrected chi connectivity index (χ1v) is 13.5. The lowest BCUT2D eigenvalue weighted by Gasteiger charge is -2.29. The van der Waals surface area contributed by atoms with E-state index in [4.69, 9.17) is 9.47 Å². The Hall–Kier alpha value is -4.08. The van der Waals surface area contributed by atoms with Gasteiger partial charge >= 0.3 is 0 Å². The van der Waals surface area contributed by atoms with Crippen LogP contribution in [0.15, 0.2) is 42.5 Å². The molecule has 2 aliphatic heterocycles. The van der Waals surface area contributed by atoms with Gasteiger partial charge in [-0.25, -0.2) is 0 Å². The van der Waals surface area contributed by atoms with Gasteiger partial charge < -0.3 is 29.5 Å². The van der Waals surface area contributed by atoms with E-state index in [-0.39, 0.29) is 36.0 Å². The average molecular weight is 551 g/mol. The Bertz CT molecular complexity index is 1250. The Morgan fingerprint density at radius 2 is 1.60 bits per heavy atom. The van der Waals surface area contributed by atoms with E-state index >= 15 is 0 Å². The van der Waals surface area contributed by atoms with E-state index in [0.29, 0.717) is 42.0 Å². The standard InChI is InChI=1S/C30H38N4O6/c1-18(2)13-24(31-28(36)19-7-9-21(10-8-19)32(3)4)30(38)33-12-11-25-27(33)26(35)17-34(25)29(37)20-14-22(39-5)16-23(15-20)40-6/h7-10,14-16,18,24-25,27H,11-13,17H2,1-6H3,(H,31,36)/t24-,25?,27-/m0/s1. The largest absolute Gasteiger partial charge is 0.497 e. The van der Waals surface area contributed by atoms with Crippen molar-refractivity contribution in [3.8, 4) is 11.5 Å². The number of amides is 3. The first kappa shape index (κ1) is 28.9. The third-order valence-corrected chi connectivity index (χ3v) is 7.52. The zero-order chi connectivity index (χ0) is 29.1. The molecule has 0 radical (unpaired) electrons. The second kappa shape index (κ2) is 12.0. The number of carbonyl (C=O) groups is 4. The van der Waals surface area contributed by atoms with Gasteiger partial charge in [0.1, 0.15) is 23.6 Å². The van der Waals surface area contributed by atoms with Gasteiger partial charge in [-0.05, 0) is 55.2 Å². The highest BCUT2D eigenvalue weighted by atomic mass is 16.5. The van der Waals surface area contributed by atoms with Crippen LogP contribution in [0.1, 0.15) is 47.4 Å². The number of carbonyl (C=O) groups excluding carboxylic acids is 4. The lowest BCUT2D eigenvalue weighted by atomic mass is 10.0. The van der Waals surface area contributed by atoms with Crippen molar-refractivity contribution in [2.75, 3.05) is 46.3 Å². The number of nitrogens with zero attached hydrogens (tertiary/aromatic N) is 3. The van der Waals surface area contributed by atoms with Crippen LogP contribution < -0.4 is 19.7 Å². The molecule has 4 rings (SSSR count). The lowest BCUT2D eigenvalue weighted by Crippen LogP contribution is -2.53. The zero-order valence-electron chi connectivity index (χ0n) is 24.0. The second-order valence-electron chi connectivity index (χ2n) is 10.9. The zero-order valence-corrected chi connectivity index (χ0v) is 24.0. The van der Waals surface area contributed by atoms with Gasteiger partial charge in [-0.2, -0.15) is 0 Å². The maximum Gasteiger partial charge on any atom is 0.254 e. The van der Waals surface area contributed by atoms with E-state index in [1.54, 1.807) is 35.2 Å². The number of ether oxygens (including phenoxy) is 2. The number of likely N-dealkylation sites (tertiary alicyclic amines) is 2. The number of Topliss-reactive ketones (excluding diaryl/α,β-unsaturated/α-hetero) is 1. The van der Waals surface area contributed by atoms with Gasteiger partial charge in [0.25, 0.3) is 11.8 Å². The average Bonchev–Trinajstić information content (AvgIpc) is 3.52. The van der Waals surface area contributed by atoms with E-state index in [9.17, 15) is 19.2 Å². The molecule has 0 saturated carbocycles. The molecule has 0 bridgehead atoms. The van der Waals surface area contributed by atoms with Crippen molar-refractivity contribution < 1.29 is 28.7 Å². The van der Waals surface area contributed by atoms with Crippen molar-refractivity contribution in [1.82, 2.24) is 15.1 Å². The van der Waals surface area contributed by atoms with Gasteiger partial charge in [-0.1, -0.05) is 13.8 Å². The Labute approximate surface area is 235 Å². The molecule has 2 saturated heterocycles. The molecule has 2 fully saturated rings. The van der Waals surface area contributed by atoms with E-state index in [1.807, 2.05) is 45.0 Å². The molecule has 2 aromatic rings. The number of hydrogen-bond acceptors (Lipinski definition) is 7. The normalized spacial score (nSPS) is 18.9. The predicted molar refractivity (Wildman–Crippen MR) is 151 cm³/mol. The van der Waals surface area contributed by atoms with Crippen LogP contribution in [-0.4, -0.2) is 92.8 Å². The molecule has 0 spiro atoms. The number of nitrogens with one attached hydrogen (secondary N) is 1. The monoisotopic (exact) mass is 550 g/mol. The van der Waals surface area contributed by atoms with Gasteiger partial charge in [-0.3, -0.25) is 19.2 Å². The molecule has 2 aromatic carbocycles. The van der Waals surface area contributed by atoms with Gasteiger partial charge in [0.15, 0.2) is 5.78 Å². The fourth-order valence-electron chi connectivity index (χ4n) is 5.48. The number of benzene rings is 2. The van der Waals surface area contributed by atoms with Crippen molar-refractivity contribution in [3.63, 3.8) is 0 Å². The van der Waals surface area contributed by atoms with Gasteiger partial charge in [0.2, 0.25) is 5.91 Å². The number of methoxy groups -OCH3 is 2. The minimum Gasteiger partial charge on any atom is -0.497 e. The van der Waals surface area contributed by atoms with E-state index < -0.39 is 18.1 Å². The highest BCUT2D eigenvalue weighted by Crippen LogP contribution is 2.33. The lowest BCUT2D eigenvalue weighted by molar-refractivity contribution is -0.138. The van der Waals surface area contributed by atoms with E-state index in [0.717, 1.165) is 5.69 Å². The van der Waals surface area contributed by atoms with Crippen LogP contribution in [0, 0.1) is 5.92 Å². The third kappa shape index (κ3) is 5.90. The number of rotatable bonds is 9. The number of hydrogen-bond donors (Lipinski definition) is 1. The third-order valence-electron chi connectivity index (χ3n) is 7.52. The Kier molecular flexibility index (Phi) is 8.66. The molecule has 3 amide bonds. The smallest absolute Gasteiger partial charge is 0.254 e. The summed E-state index contributed by atoms with van der Waals surface area (Å²) in [5.74, 6) is -0.0855. The summed E-state index contributed by atoms with van der Waals surface area (Å²) < 4.78 is 10.6. The number of ketones is 1.